The van der Waals surface area contributed by atoms with E-state index in [0.717, 1.165) is 6.26 Å². The van der Waals surface area contributed by atoms with E-state index in [4.69, 9.17) is 23.2 Å². The molecule has 0 aliphatic carbocycles. The molecule has 0 aromatic heterocycles. The summed E-state index contributed by atoms with van der Waals surface area (Å²) < 4.78 is 4.41. The molecule has 0 bridgehead atoms. The first-order valence-electron chi connectivity index (χ1n) is 2.96. The zero-order valence-corrected chi connectivity index (χ0v) is 8.23. The largest absolute Gasteiger partial charge is 0.435 e. The Morgan fingerprint density at radius 1 is 1.42 bits per heavy atom. The molecule has 0 unspecified atom stereocenters. The van der Waals surface area contributed by atoms with Gasteiger partial charge in [-0.1, -0.05) is 42.4 Å². The number of rotatable bonds is 2. The topological polar surface area (TPSA) is 26.3 Å². The lowest BCUT2D eigenvalue weighted by atomic mass is 10.6. The van der Waals surface area contributed by atoms with Gasteiger partial charge in [0.15, 0.2) is 0 Å². The van der Waals surface area contributed by atoms with Crippen LogP contribution in [0.15, 0.2) is 36.1 Å². The number of ether oxygens (including phenoxy) is 1. The molecule has 0 heterocycles. The van der Waals surface area contributed by atoms with Crippen LogP contribution in [-0.4, -0.2) is 5.97 Å². The Hall–Kier alpha value is -0.730. The molecule has 0 N–H and O–H groups in total. The van der Waals surface area contributed by atoms with Crippen LogP contribution in [0.2, 0.25) is 0 Å². The molecule has 0 amide bonds. The highest BCUT2D eigenvalue weighted by Gasteiger charge is 1.79. The molecule has 0 aliphatic rings. The third-order valence-electron chi connectivity index (χ3n) is 0.493. The second-order valence-electron chi connectivity index (χ2n) is 1.47. The van der Waals surface area contributed by atoms with Gasteiger partial charge in [-0.15, -0.1) is 0 Å². The van der Waals surface area contributed by atoms with Crippen molar-refractivity contribution in [1.82, 2.24) is 0 Å². The minimum Gasteiger partial charge on any atom is -0.435 e. The summed E-state index contributed by atoms with van der Waals surface area (Å²) in [5.41, 5.74) is 0. The van der Waals surface area contributed by atoms with Crippen LogP contribution in [0.1, 0.15) is 6.92 Å². The average Bonchev–Trinajstić information content (AvgIpc) is 1.87. The van der Waals surface area contributed by atoms with Gasteiger partial charge in [-0.25, -0.2) is 0 Å². The molecule has 12 heavy (non-hydrogen) atoms. The van der Waals surface area contributed by atoms with Gasteiger partial charge >= 0.3 is 5.97 Å². The van der Waals surface area contributed by atoms with E-state index in [1.54, 1.807) is 0 Å². The van der Waals surface area contributed by atoms with Crippen molar-refractivity contribution in [3.05, 3.63) is 36.1 Å². The van der Waals surface area contributed by atoms with Gasteiger partial charge in [-0.3, -0.25) is 4.79 Å². The molecule has 0 aromatic carbocycles. The van der Waals surface area contributed by atoms with Gasteiger partial charge in [0, 0.05) is 6.92 Å². The van der Waals surface area contributed by atoms with Crippen molar-refractivity contribution in [3.63, 3.8) is 0 Å². The van der Waals surface area contributed by atoms with E-state index in [1.807, 2.05) is 0 Å². The van der Waals surface area contributed by atoms with E-state index in [-0.39, 0.29) is 10.5 Å². The molecule has 0 saturated heterocycles. The Labute approximate surface area is 82.1 Å². The second kappa shape index (κ2) is 10.3. The Kier molecular flexibility index (Phi) is 11.8. The van der Waals surface area contributed by atoms with Crippen LogP contribution in [0.25, 0.3) is 0 Å². The highest BCUT2D eigenvalue weighted by molar-refractivity contribution is 6.55. The fourth-order valence-corrected chi connectivity index (χ4v) is 0.385. The van der Waals surface area contributed by atoms with Gasteiger partial charge in [0.2, 0.25) is 0 Å². The maximum Gasteiger partial charge on any atom is 0.307 e. The normalized spacial score (nSPS) is 6.92. The van der Waals surface area contributed by atoms with Crippen molar-refractivity contribution in [2.75, 3.05) is 0 Å². The molecule has 2 nitrogen and oxygen atoms in total. The maximum atomic E-state index is 9.75. The molecule has 4 heteroatoms. The Morgan fingerprint density at radius 2 is 1.92 bits per heavy atom. The average molecular weight is 209 g/mol. The third-order valence-corrected chi connectivity index (χ3v) is 0.745. The van der Waals surface area contributed by atoms with E-state index in [1.165, 1.54) is 19.1 Å². The number of hydrogen-bond acceptors (Lipinski definition) is 2. The van der Waals surface area contributed by atoms with Crippen LogP contribution in [0.4, 0.5) is 0 Å². The van der Waals surface area contributed by atoms with Gasteiger partial charge in [0.1, 0.15) is 4.49 Å². The molecule has 0 radical (unpaired) electrons. The van der Waals surface area contributed by atoms with Gasteiger partial charge in [0.25, 0.3) is 0 Å². The van der Waals surface area contributed by atoms with E-state index in [2.05, 4.69) is 17.9 Å². The van der Waals surface area contributed by atoms with Crippen molar-refractivity contribution < 1.29 is 9.53 Å². The van der Waals surface area contributed by atoms with Crippen LogP contribution in [0.5, 0.6) is 0 Å². The molecule has 0 rings (SSSR count). The molecule has 0 aromatic rings. The fraction of sp³-hybridized carbons (Fsp3) is 0.125. The minimum atomic E-state index is -0.329. The van der Waals surface area contributed by atoms with Gasteiger partial charge < -0.3 is 4.74 Å². The quantitative estimate of drug-likeness (QED) is 0.396. The summed E-state index contributed by atoms with van der Waals surface area (Å²) in [5, 5.41) is 0. The number of halogens is 2. The lowest BCUT2D eigenvalue weighted by Crippen LogP contribution is -1.87. The molecular formula is C8H10Cl2O2. The molecule has 0 atom stereocenters. The Morgan fingerprint density at radius 3 is 1.92 bits per heavy atom. The number of esters is 1. The minimum absolute atomic E-state index is 0.241. The van der Waals surface area contributed by atoms with Crippen LogP contribution >= 0.6 is 23.2 Å². The molecule has 68 valence electrons. The summed E-state index contributed by atoms with van der Waals surface area (Å²) in [6.45, 7) is 7.83. The summed E-state index contributed by atoms with van der Waals surface area (Å²) in [7, 11) is 0. The van der Waals surface area contributed by atoms with E-state index in [9.17, 15) is 4.79 Å². The second-order valence-corrected chi connectivity index (χ2v) is 2.48. The zero-order valence-electron chi connectivity index (χ0n) is 6.72. The lowest BCUT2D eigenvalue weighted by molar-refractivity contribution is -0.135. The number of hydrogen-bond donors (Lipinski definition) is 0. The van der Waals surface area contributed by atoms with Crippen molar-refractivity contribution in [1.29, 1.82) is 0 Å². The summed E-state index contributed by atoms with van der Waals surface area (Å²) in [4.78, 5) is 9.75. The van der Waals surface area contributed by atoms with Crippen molar-refractivity contribution >= 4 is 29.2 Å². The number of carbonyl (C=O) groups is 1. The molecule has 0 saturated carbocycles. The van der Waals surface area contributed by atoms with Gasteiger partial charge in [-0.05, 0) is 6.08 Å². The molecular weight excluding hydrogens is 199 g/mol. The monoisotopic (exact) mass is 208 g/mol. The summed E-state index contributed by atoms with van der Waals surface area (Å²) in [6, 6.07) is 0. The van der Waals surface area contributed by atoms with Crippen LogP contribution < -0.4 is 0 Å². The molecule has 0 fully saturated rings. The van der Waals surface area contributed by atoms with E-state index < -0.39 is 0 Å². The SMILES string of the molecule is C=CC=C(Cl)Cl.C=COC(C)=O. The summed E-state index contributed by atoms with van der Waals surface area (Å²) in [6.07, 6.45) is 4.13. The van der Waals surface area contributed by atoms with E-state index >= 15 is 0 Å². The molecule has 0 aliphatic heterocycles. The molecule has 0 spiro atoms. The van der Waals surface area contributed by atoms with Gasteiger partial charge in [0.05, 0.1) is 6.26 Å². The highest BCUT2D eigenvalue weighted by Crippen LogP contribution is 2.04. The van der Waals surface area contributed by atoms with Crippen molar-refractivity contribution in [2.24, 2.45) is 0 Å². The van der Waals surface area contributed by atoms with Crippen molar-refractivity contribution in [2.45, 2.75) is 6.92 Å². The predicted octanol–water partition coefficient (Wildman–Crippen LogP) is 3.18. The Balaban J connectivity index is 0. The van der Waals surface area contributed by atoms with Crippen LogP contribution in [0, 0.1) is 0 Å². The van der Waals surface area contributed by atoms with Crippen LogP contribution in [-0.2, 0) is 9.53 Å². The fourth-order valence-electron chi connectivity index (χ4n) is 0.206. The highest BCUT2D eigenvalue weighted by atomic mass is 35.5. The van der Waals surface area contributed by atoms with Crippen LogP contribution in [0.3, 0.4) is 0 Å². The van der Waals surface area contributed by atoms with E-state index in [0.29, 0.717) is 0 Å². The maximum absolute atomic E-state index is 9.75. The van der Waals surface area contributed by atoms with Crippen molar-refractivity contribution in [3.8, 4) is 0 Å². The lowest BCUT2D eigenvalue weighted by Gasteiger charge is -1.83. The number of allylic oxidation sites excluding steroid dienone is 2. The van der Waals surface area contributed by atoms with Gasteiger partial charge in [-0.2, -0.15) is 0 Å². The summed E-state index contributed by atoms with van der Waals surface area (Å²) >= 11 is 10.3. The Bertz CT molecular complexity index is 181. The summed E-state index contributed by atoms with van der Waals surface area (Å²) in [5.74, 6) is -0.329. The third kappa shape index (κ3) is 22.8. The predicted molar refractivity (Wildman–Crippen MR) is 51.9 cm³/mol. The first-order chi connectivity index (χ1) is 5.54. The zero-order chi connectivity index (χ0) is 9.98. The smallest absolute Gasteiger partial charge is 0.307 e. The standard InChI is InChI=1S/C4H4Cl2.C4H6O2/c1-2-3-4(5)6;1-3-6-4(2)5/h2-3H,1H2;3H,1H2,2H3. The number of carbonyl (C=O) groups excluding carboxylic acids is 1. The first kappa shape index (κ1) is 13.8. The first-order valence-corrected chi connectivity index (χ1v) is 3.72.